The molecule has 118 valence electrons. The van der Waals surface area contributed by atoms with E-state index in [1.54, 1.807) is 42.5 Å². The molecule has 0 spiro atoms. The van der Waals surface area contributed by atoms with Crippen molar-refractivity contribution >= 4 is 50.7 Å². The van der Waals surface area contributed by atoms with Crippen molar-refractivity contribution in [3.05, 3.63) is 73.6 Å². The lowest BCUT2D eigenvalue weighted by Crippen LogP contribution is -2.06. The smallest absolute Gasteiger partial charge is 0.192 e. The molecule has 3 nitrogen and oxygen atoms in total. The van der Waals surface area contributed by atoms with E-state index in [2.05, 4.69) is 0 Å². The molecule has 0 aliphatic heterocycles. The van der Waals surface area contributed by atoms with Gasteiger partial charge >= 0.3 is 0 Å². The predicted molar refractivity (Wildman–Crippen MR) is 94.1 cm³/mol. The number of nitriles is 1. The quantitative estimate of drug-likeness (QED) is 0.685. The lowest BCUT2D eigenvalue weighted by Gasteiger charge is -2.05. The molecule has 0 aliphatic carbocycles. The third kappa shape index (κ3) is 4.73. The summed E-state index contributed by atoms with van der Waals surface area (Å²) in [7, 11) is -3.80. The molecule has 0 bridgehead atoms. The van der Waals surface area contributed by atoms with E-state index in [0.717, 1.165) is 0 Å². The minimum absolute atomic E-state index is 0.270. The molecule has 0 saturated heterocycles. The standard InChI is InChI=1S/C16H10Cl3NO2S/c17-13-4-1-11(2-5-13)10-23(21,22)15(9-20)7-12-3-6-14(18)8-16(12)19/h1-8H,10H2/b15-7+. The molecule has 0 saturated carbocycles. The Bertz CT molecular complexity index is 898. The molecule has 0 heterocycles. The van der Waals surface area contributed by atoms with Crippen LogP contribution in [0.15, 0.2) is 47.4 Å². The highest BCUT2D eigenvalue weighted by molar-refractivity contribution is 7.95. The molecular formula is C16H10Cl3NO2S. The zero-order valence-electron chi connectivity index (χ0n) is 11.6. The summed E-state index contributed by atoms with van der Waals surface area (Å²) in [6.07, 6.45) is 1.24. The van der Waals surface area contributed by atoms with Crippen molar-refractivity contribution in [3.63, 3.8) is 0 Å². The Balaban J connectivity index is 2.37. The van der Waals surface area contributed by atoms with Crippen LogP contribution >= 0.6 is 34.8 Å². The fraction of sp³-hybridized carbons (Fsp3) is 0.0625. The van der Waals surface area contributed by atoms with E-state index >= 15 is 0 Å². The molecular weight excluding hydrogens is 377 g/mol. The number of nitrogens with zero attached hydrogens (tertiary/aromatic N) is 1. The fourth-order valence-electron chi connectivity index (χ4n) is 1.83. The van der Waals surface area contributed by atoms with E-state index in [-0.39, 0.29) is 15.7 Å². The maximum atomic E-state index is 12.4. The van der Waals surface area contributed by atoms with Gasteiger partial charge in [0.05, 0.1) is 5.75 Å². The van der Waals surface area contributed by atoms with Crippen molar-refractivity contribution in [2.24, 2.45) is 0 Å². The second-order valence-electron chi connectivity index (χ2n) is 4.67. The molecule has 0 fully saturated rings. The van der Waals surface area contributed by atoms with Crippen molar-refractivity contribution < 1.29 is 8.42 Å². The number of hydrogen-bond donors (Lipinski definition) is 0. The van der Waals surface area contributed by atoms with E-state index in [4.69, 9.17) is 34.8 Å². The summed E-state index contributed by atoms with van der Waals surface area (Å²) in [5.74, 6) is -0.297. The molecule has 0 aromatic heterocycles. The maximum absolute atomic E-state index is 12.4. The zero-order valence-corrected chi connectivity index (χ0v) is 14.7. The van der Waals surface area contributed by atoms with Crippen LogP contribution in [0, 0.1) is 11.3 Å². The first-order valence-electron chi connectivity index (χ1n) is 6.36. The number of benzene rings is 2. The van der Waals surface area contributed by atoms with Gasteiger partial charge in [-0.15, -0.1) is 0 Å². The minimum atomic E-state index is -3.80. The number of hydrogen-bond acceptors (Lipinski definition) is 3. The lowest BCUT2D eigenvalue weighted by molar-refractivity contribution is 0.602. The summed E-state index contributed by atoms with van der Waals surface area (Å²) in [6, 6.07) is 12.7. The molecule has 23 heavy (non-hydrogen) atoms. The van der Waals surface area contributed by atoms with Gasteiger partial charge in [-0.3, -0.25) is 0 Å². The van der Waals surface area contributed by atoms with Gasteiger partial charge in [0, 0.05) is 15.1 Å². The van der Waals surface area contributed by atoms with Crippen LogP contribution in [0.25, 0.3) is 6.08 Å². The molecule has 2 aromatic rings. The molecule has 0 N–H and O–H groups in total. The van der Waals surface area contributed by atoms with Crippen molar-refractivity contribution in [2.45, 2.75) is 5.75 Å². The van der Waals surface area contributed by atoms with Crippen molar-refractivity contribution in [1.82, 2.24) is 0 Å². The highest BCUT2D eigenvalue weighted by Gasteiger charge is 2.19. The summed E-state index contributed by atoms with van der Waals surface area (Å²) in [4.78, 5) is -0.364. The van der Waals surface area contributed by atoms with Crippen molar-refractivity contribution in [1.29, 1.82) is 5.26 Å². The maximum Gasteiger partial charge on any atom is 0.192 e. The molecule has 0 amide bonds. The highest BCUT2D eigenvalue weighted by atomic mass is 35.5. The Hall–Kier alpha value is -1.51. The molecule has 0 atom stereocenters. The average Bonchev–Trinajstić information content (AvgIpc) is 2.48. The number of allylic oxidation sites excluding steroid dienone is 1. The number of rotatable bonds is 4. The van der Waals surface area contributed by atoms with E-state index in [9.17, 15) is 13.7 Å². The lowest BCUT2D eigenvalue weighted by atomic mass is 10.2. The van der Waals surface area contributed by atoms with Crippen LogP contribution in [0.4, 0.5) is 0 Å². The number of sulfone groups is 1. The van der Waals surface area contributed by atoms with E-state index in [0.29, 0.717) is 21.2 Å². The van der Waals surface area contributed by atoms with Gasteiger partial charge in [0.25, 0.3) is 0 Å². The third-order valence-electron chi connectivity index (χ3n) is 2.96. The minimum Gasteiger partial charge on any atom is -0.223 e. The van der Waals surface area contributed by atoms with E-state index in [1.807, 2.05) is 0 Å². The van der Waals surface area contributed by atoms with Crippen molar-refractivity contribution in [2.75, 3.05) is 0 Å². The van der Waals surface area contributed by atoms with Crippen molar-refractivity contribution in [3.8, 4) is 6.07 Å². The normalized spacial score (nSPS) is 12.0. The average molecular weight is 387 g/mol. The molecule has 7 heteroatoms. The van der Waals surface area contributed by atoms with Crippen LogP contribution in [0.1, 0.15) is 11.1 Å². The second-order valence-corrected chi connectivity index (χ2v) is 7.91. The molecule has 0 radical (unpaired) electrons. The van der Waals surface area contributed by atoms with Crippen LogP contribution in [0.3, 0.4) is 0 Å². The highest BCUT2D eigenvalue weighted by Crippen LogP contribution is 2.25. The Morgan fingerprint density at radius 1 is 1.04 bits per heavy atom. The van der Waals surface area contributed by atoms with Gasteiger partial charge in [0.2, 0.25) is 0 Å². The first-order valence-corrected chi connectivity index (χ1v) is 9.14. The molecule has 0 aliphatic rings. The Morgan fingerprint density at radius 2 is 1.65 bits per heavy atom. The van der Waals surface area contributed by atoms with Gasteiger partial charge in [-0.25, -0.2) is 8.42 Å². The van der Waals surface area contributed by atoms with Gasteiger partial charge in [0.1, 0.15) is 11.0 Å². The predicted octanol–water partition coefficient (Wildman–Crippen LogP) is 5.13. The fourth-order valence-corrected chi connectivity index (χ4v) is 3.65. The summed E-state index contributed by atoms with van der Waals surface area (Å²) in [5, 5.41) is 10.4. The molecule has 2 rings (SSSR count). The second kappa shape index (κ2) is 7.37. The van der Waals surface area contributed by atoms with Crippen LogP contribution in [0.2, 0.25) is 15.1 Å². The van der Waals surface area contributed by atoms with Crippen LogP contribution < -0.4 is 0 Å². The van der Waals surface area contributed by atoms with E-state index in [1.165, 1.54) is 12.1 Å². The summed E-state index contributed by atoms with van der Waals surface area (Å²) < 4.78 is 24.8. The largest absolute Gasteiger partial charge is 0.223 e. The topological polar surface area (TPSA) is 57.9 Å². The first kappa shape index (κ1) is 17.8. The van der Waals surface area contributed by atoms with Gasteiger partial charge in [-0.05, 0) is 41.5 Å². The van der Waals surface area contributed by atoms with Gasteiger partial charge in [-0.2, -0.15) is 5.26 Å². The first-order chi connectivity index (χ1) is 10.8. The third-order valence-corrected chi connectivity index (χ3v) is 5.37. The Labute approximate surface area is 149 Å². The summed E-state index contributed by atoms with van der Waals surface area (Å²) in [5.41, 5.74) is 0.949. The van der Waals surface area contributed by atoms with E-state index < -0.39 is 9.84 Å². The van der Waals surface area contributed by atoms with Crippen LogP contribution in [-0.4, -0.2) is 8.42 Å². The zero-order chi connectivity index (χ0) is 17.0. The van der Waals surface area contributed by atoms with Gasteiger partial charge < -0.3 is 0 Å². The van der Waals surface area contributed by atoms with Gasteiger partial charge in [-0.1, -0.05) is 53.0 Å². The Morgan fingerprint density at radius 3 is 2.22 bits per heavy atom. The monoisotopic (exact) mass is 385 g/mol. The summed E-state index contributed by atoms with van der Waals surface area (Å²) in [6.45, 7) is 0. The molecule has 2 aromatic carbocycles. The SMILES string of the molecule is N#C/C(=C\c1ccc(Cl)cc1Cl)S(=O)(=O)Cc1ccc(Cl)cc1. The van der Waals surface area contributed by atoms with Gasteiger partial charge in [0.15, 0.2) is 9.84 Å². The van der Waals surface area contributed by atoms with Crippen LogP contribution in [0.5, 0.6) is 0 Å². The number of halogens is 3. The van der Waals surface area contributed by atoms with Crippen LogP contribution in [-0.2, 0) is 15.6 Å². The molecule has 0 unspecified atom stereocenters. The Kier molecular flexibility index (Phi) is 5.72. The summed E-state index contributed by atoms with van der Waals surface area (Å²) >= 11 is 17.6.